The van der Waals surface area contributed by atoms with E-state index >= 15 is 0 Å². The van der Waals surface area contributed by atoms with Crippen molar-refractivity contribution in [3.05, 3.63) is 46.1 Å². The van der Waals surface area contributed by atoms with Gasteiger partial charge >= 0.3 is 12.0 Å². The van der Waals surface area contributed by atoms with E-state index in [2.05, 4.69) is 20.8 Å². The number of rotatable bonds is 4. The Kier molecular flexibility index (Phi) is 3.79. The summed E-state index contributed by atoms with van der Waals surface area (Å²) in [5.74, 6) is -1.20. The van der Waals surface area contributed by atoms with Crippen molar-refractivity contribution in [2.75, 3.05) is 10.6 Å². The smallest absolute Gasteiger partial charge is 0.353 e. The lowest BCUT2D eigenvalue weighted by Crippen LogP contribution is -2.19. The minimum atomic E-state index is -1.21. The van der Waals surface area contributed by atoms with Crippen LogP contribution in [0.2, 0.25) is 0 Å². The lowest BCUT2D eigenvalue weighted by molar-refractivity contribution is -0.384. The maximum absolute atomic E-state index is 11.6. The molecule has 10 nitrogen and oxygen atoms in total. The number of nitrogens with one attached hydrogen (secondary N) is 3. The van der Waals surface area contributed by atoms with Gasteiger partial charge in [-0.2, -0.15) is 5.10 Å². The molecule has 0 saturated carbocycles. The lowest BCUT2D eigenvalue weighted by Gasteiger charge is -2.04. The number of benzene rings is 1. The molecule has 1 aromatic heterocycles. The minimum absolute atomic E-state index is 0.00957. The zero-order valence-corrected chi connectivity index (χ0v) is 10.4. The van der Waals surface area contributed by atoms with E-state index in [0.717, 1.165) is 6.07 Å². The third-order valence-corrected chi connectivity index (χ3v) is 2.36. The van der Waals surface area contributed by atoms with Crippen molar-refractivity contribution in [3.8, 4) is 0 Å². The number of carbonyl (C=O) groups is 2. The van der Waals surface area contributed by atoms with Gasteiger partial charge in [-0.25, -0.2) is 9.59 Å². The Morgan fingerprint density at radius 1 is 1.29 bits per heavy atom. The highest BCUT2D eigenvalue weighted by atomic mass is 16.6. The summed E-state index contributed by atoms with van der Waals surface area (Å²) >= 11 is 0. The molecule has 0 fully saturated rings. The number of carbonyl (C=O) groups excluding carboxylic acids is 1. The molecule has 10 heteroatoms. The van der Waals surface area contributed by atoms with Crippen molar-refractivity contribution in [1.29, 1.82) is 0 Å². The van der Waals surface area contributed by atoms with Gasteiger partial charge in [0.2, 0.25) is 0 Å². The third kappa shape index (κ3) is 3.53. The largest absolute Gasteiger partial charge is 0.477 e. The van der Waals surface area contributed by atoms with Crippen molar-refractivity contribution < 1.29 is 19.6 Å². The van der Waals surface area contributed by atoms with Gasteiger partial charge in [-0.1, -0.05) is 6.07 Å². The predicted octanol–water partition coefficient (Wildman–Crippen LogP) is 1.66. The number of hydrogen-bond donors (Lipinski definition) is 4. The number of nitrogens with zero attached hydrogens (tertiary/aromatic N) is 2. The van der Waals surface area contributed by atoms with Gasteiger partial charge in [0.05, 0.1) is 4.92 Å². The highest BCUT2D eigenvalue weighted by Gasteiger charge is 2.11. The van der Waals surface area contributed by atoms with E-state index < -0.39 is 16.9 Å². The molecule has 0 bridgehead atoms. The van der Waals surface area contributed by atoms with E-state index in [1.165, 1.54) is 24.3 Å². The molecule has 0 unspecified atom stereocenters. The number of anilines is 2. The first-order valence-corrected chi connectivity index (χ1v) is 5.57. The second kappa shape index (κ2) is 5.69. The lowest BCUT2D eigenvalue weighted by atomic mass is 10.3. The first-order valence-electron chi connectivity index (χ1n) is 5.57. The van der Waals surface area contributed by atoms with Crippen molar-refractivity contribution in [2.45, 2.75) is 0 Å². The van der Waals surface area contributed by atoms with E-state index in [4.69, 9.17) is 5.11 Å². The number of aromatic carboxylic acids is 1. The number of carboxylic acids is 1. The number of hydrogen-bond acceptors (Lipinski definition) is 5. The summed E-state index contributed by atoms with van der Waals surface area (Å²) in [7, 11) is 0. The maximum atomic E-state index is 11.6. The molecule has 21 heavy (non-hydrogen) atoms. The van der Waals surface area contributed by atoms with Crippen LogP contribution in [-0.2, 0) is 0 Å². The van der Waals surface area contributed by atoms with Crippen LogP contribution in [0, 0.1) is 10.1 Å². The highest BCUT2D eigenvalue weighted by molar-refractivity contribution is 6.00. The molecule has 0 aliphatic rings. The summed E-state index contributed by atoms with van der Waals surface area (Å²) < 4.78 is 0. The van der Waals surface area contributed by atoms with Crippen molar-refractivity contribution in [1.82, 2.24) is 10.2 Å². The third-order valence-electron chi connectivity index (χ3n) is 2.36. The fourth-order valence-electron chi connectivity index (χ4n) is 1.47. The van der Waals surface area contributed by atoms with E-state index in [1.807, 2.05) is 0 Å². The molecular weight excluding hydrogens is 282 g/mol. The second-order valence-corrected chi connectivity index (χ2v) is 3.86. The number of nitro groups is 1. The van der Waals surface area contributed by atoms with Crippen LogP contribution >= 0.6 is 0 Å². The quantitative estimate of drug-likeness (QED) is 0.496. The van der Waals surface area contributed by atoms with Gasteiger partial charge in [0.1, 0.15) is 5.69 Å². The van der Waals surface area contributed by atoms with Gasteiger partial charge in [0, 0.05) is 23.9 Å². The fraction of sp³-hybridized carbons (Fsp3) is 0. The summed E-state index contributed by atoms with van der Waals surface area (Å²) in [6.45, 7) is 0. The second-order valence-electron chi connectivity index (χ2n) is 3.86. The number of amides is 2. The number of urea groups is 1. The van der Waals surface area contributed by atoms with Crippen LogP contribution < -0.4 is 10.6 Å². The summed E-state index contributed by atoms with van der Waals surface area (Å²) in [4.78, 5) is 32.3. The molecule has 1 heterocycles. The molecule has 2 amide bonds. The van der Waals surface area contributed by atoms with E-state index in [9.17, 15) is 19.7 Å². The number of aromatic amines is 1. The molecule has 0 saturated heterocycles. The van der Waals surface area contributed by atoms with Crippen LogP contribution in [0.15, 0.2) is 30.3 Å². The minimum Gasteiger partial charge on any atom is -0.477 e. The number of nitro benzene ring substituents is 1. The zero-order valence-electron chi connectivity index (χ0n) is 10.4. The van der Waals surface area contributed by atoms with Crippen LogP contribution in [0.4, 0.5) is 22.0 Å². The first-order chi connectivity index (χ1) is 9.95. The van der Waals surface area contributed by atoms with Gasteiger partial charge in [0.25, 0.3) is 5.69 Å². The SMILES string of the molecule is O=C(Nc1cccc([N+](=O)[O-])c1)Nc1cc(C(=O)O)[nH]n1. The van der Waals surface area contributed by atoms with E-state index in [0.29, 0.717) is 0 Å². The van der Waals surface area contributed by atoms with E-state index in [-0.39, 0.29) is 22.9 Å². The van der Waals surface area contributed by atoms with Crippen LogP contribution in [0.3, 0.4) is 0 Å². The van der Waals surface area contributed by atoms with Crippen molar-refractivity contribution in [3.63, 3.8) is 0 Å². The molecular formula is C11H9N5O5. The molecule has 2 rings (SSSR count). The van der Waals surface area contributed by atoms with Crippen molar-refractivity contribution in [2.24, 2.45) is 0 Å². The Morgan fingerprint density at radius 2 is 2.05 bits per heavy atom. The number of non-ortho nitro benzene ring substituents is 1. The van der Waals surface area contributed by atoms with E-state index in [1.54, 1.807) is 0 Å². The molecule has 0 radical (unpaired) electrons. The first kappa shape index (κ1) is 14.0. The molecule has 4 N–H and O–H groups in total. The topological polar surface area (TPSA) is 150 Å². The van der Waals surface area contributed by atoms with Gasteiger partial charge in [0.15, 0.2) is 5.82 Å². The summed E-state index contributed by atoms with van der Waals surface area (Å²) in [5, 5.41) is 29.7. The Hall–Kier alpha value is -3.43. The summed E-state index contributed by atoms with van der Waals surface area (Å²) in [6.07, 6.45) is 0. The van der Waals surface area contributed by atoms with Gasteiger partial charge < -0.3 is 10.4 Å². The summed E-state index contributed by atoms with van der Waals surface area (Å²) in [5.41, 5.74) is -0.128. The zero-order chi connectivity index (χ0) is 15.4. The molecule has 0 aliphatic heterocycles. The molecule has 0 aliphatic carbocycles. The Bertz CT molecular complexity index is 711. The molecule has 0 spiro atoms. The van der Waals surface area contributed by atoms with Crippen molar-refractivity contribution >= 4 is 29.2 Å². The van der Waals surface area contributed by atoms with Crippen LogP contribution in [0.5, 0.6) is 0 Å². The Morgan fingerprint density at radius 3 is 2.67 bits per heavy atom. The van der Waals surface area contributed by atoms with Gasteiger partial charge in [-0.3, -0.25) is 20.5 Å². The van der Waals surface area contributed by atoms with Crippen LogP contribution in [0.25, 0.3) is 0 Å². The Balaban J connectivity index is 2.02. The average molecular weight is 291 g/mol. The predicted molar refractivity (Wildman–Crippen MR) is 71.3 cm³/mol. The summed E-state index contributed by atoms with van der Waals surface area (Å²) in [6, 6.07) is 5.79. The molecule has 2 aromatic rings. The highest BCUT2D eigenvalue weighted by Crippen LogP contribution is 2.17. The average Bonchev–Trinajstić information content (AvgIpc) is 2.87. The Labute approximate surface area is 116 Å². The molecule has 1 aromatic carbocycles. The van der Waals surface area contributed by atoms with Gasteiger partial charge in [-0.15, -0.1) is 0 Å². The normalized spacial score (nSPS) is 9.90. The number of aromatic nitrogens is 2. The van der Waals surface area contributed by atoms with Gasteiger partial charge in [-0.05, 0) is 6.07 Å². The molecule has 0 atom stereocenters. The van der Waals surface area contributed by atoms with Crippen LogP contribution in [-0.4, -0.2) is 32.2 Å². The standard InChI is InChI=1S/C11H9N5O5/c17-10(18)8-5-9(15-14-8)13-11(19)12-6-2-1-3-7(4-6)16(20)21/h1-5H,(H,17,18)(H3,12,13,14,15,19). The monoisotopic (exact) mass is 291 g/mol. The number of H-pyrrole nitrogens is 1. The molecule has 108 valence electrons. The number of carboxylic acid groups (broad SMARTS) is 1. The fourth-order valence-corrected chi connectivity index (χ4v) is 1.47. The van der Waals surface area contributed by atoms with Crippen LogP contribution in [0.1, 0.15) is 10.5 Å². The maximum Gasteiger partial charge on any atom is 0.353 e.